The zero-order chi connectivity index (χ0) is 26.6. The van der Waals surface area contributed by atoms with Crippen LogP contribution >= 0.6 is 11.5 Å². The lowest BCUT2D eigenvalue weighted by molar-refractivity contribution is -0.123. The first-order valence-corrected chi connectivity index (χ1v) is 13.3. The predicted octanol–water partition coefficient (Wildman–Crippen LogP) is 4.21. The van der Waals surface area contributed by atoms with Crippen molar-refractivity contribution in [3.63, 3.8) is 0 Å². The number of nitrogen functional groups attached to an aromatic ring is 1. The van der Waals surface area contributed by atoms with Crippen LogP contribution in [-0.4, -0.2) is 33.1 Å². The fourth-order valence-electron chi connectivity index (χ4n) is 4.92. The molecule has 1 unspecified atom stereocenters. The van der Waals surface area contributed by atoms with Gasteiger partial charge in [-0.1, -0.05) is 49.6 Å². The number of nitrogens with two attached hydrogens (primary N) is 2. The van der Waals surface area contributed by atoms with E-state index in [0.717, 1.165) is 54.5 Å². The smallest absolute Gasteiger partial charge is 0.273 e. The van der Waals surface area contributed by atoms with Crippen molar-refractivity contribution in [1.82, 2.24) is 14.7 Å². The summed E-state index contributed by atoms with van der Waals surface area (Å²) in [6.07, 6.45) is 6.73. The Balaban J connectivity index is 1.64. The van der Waals surface area contributed by atoms with Gasteiger partial charge in [-0.25, -0.2) is 0 Å². The maximum Gasteiger partial charge on any atom is 0.273 e. The van der Waals surface area contributed by atoms with Gasteiger partial charge in [0.15, 0.2) is 5.69 Å². The summed E-state index contributed by atoms with van der Waals surface area (Å²) in [5, 5.41) is 4.04. The van der Waals surface area contributed by atoms with Crippen molar-refractivity contribution in [1.29, 1.82) is 0 Å². The van der Waals surface area contributed by atoms with Crippen LogP contribution in [0.2, 0.25) is 0 Å². The van der Waals surface area contributed by atoms with E-state index in [-0.39, 0.29) is 28.2 Å². The number of carbonyl (C=O) groups is 3. The Morgan fingerprint density at radius 1 is 1.00 bits per heavy atom. The van der Waals surface area contributed by atoms with E-state index >= 15 is 0 Å². The highest BCUT2D eigenvalue weighted by Crippen LogP contribution is 2.34. The zero-order valence-electron chi connectivity index (χ0n) is 20.7. The van der Waals surface area contributed by atoms with Crippen LogP contribution in [0.4, 0.5) is 11.4 Å². The van der Waals surface area contributed by atoms with Gasteiger partial charge in [-0.3, -0.25) is 24.3 Å². The van der Waals surface area contributed by atoms with Crippen LogP contribution in [-0.2, 0) is 4.79 Å². The summed E-state index contributed by atoms with van der Waals surface area (Å²) in [5.41, 5.74) is 13.2. The fourth-order valence-corrected chi connectivity index (χ4v) is 5.66. The molecule has 1 fully saturated rings. The van der Waals surface area contributed by atoms with Crippen LogP contribution in [0.1, 0.15) is 63.9 Å². The number of hydrogen-bond donors (Lipinski definition) is 3. The van der Waals surface area contributed by atoms with Gasteiger partial charge in [0.05, 0.1) is 11.2 Å². The summed E-state index contributed by atoms with van der Waals surface area (Å²) in [6, 6.07) is 17.2. The van der Waals surface area contributed by atoms with Crippen molar-refractivity contribution in [3.05, 3.63) is 83.0 Å². The lowest BCUT2D eigenvalue weighted by atomic mass is 9.94. The first kappa shape index (κ1) is 25.3. The van der Waals surface area contributed by atoms with Crippen molar-refractivity contribution in [3.8, 4) is 0 Å². The van der Waals surface area contributed by atoms with E-state index in [2.05, 4.69) is 14.7 Å². The van der Waals surface area contributed by atoms with Gasteiger partial charge in [0.1, 0.15) is 10.9 Å². The lowest BCUT2D eigenvalue weighted by Gasteiger charge is -2.33. The quantitative estimate of drug-likeness (QED) is 0.328. The Morgan fingerprint density at radius 2 is 1.76 bits per heavy atom. The van der Waals surface area contributed by atoms with Crippen LogP contribution in [0.3, 0.4) is 0 Å². The number of amides is 3. The van der Waals surface area contributed by atoms with Crippen molar-refractivity contribution >= 4 is 51.5 Å². The third-order valence-corrected chi connectivity index (χ3v) is 7.66. The van der Waals surface area contributed by atoms with Crippen molar-refractivity contribution in [2.24, 2.45) is 5.73 Å². The molecule has 5 N–H and O–H groups in total. The molecule has 0 aliphatic heterocycles. The highest BCUT2D eigenvalue weighted by Gasteiger charge is 2.37. The molecule has 2 heterocycles. The summed E-state index contributed by atoms with van der Waals surface area (Å²) >= 11 is 0.789. The minimum atomic E-state index is -1.02. The molecule has 0 spiro atoms. The van der Waals surface area contributed by atoms with Gasteiger partial charge in [0.25, 0.3) is 11.8 Å². The number of carbonyl (C=O) groups excluding carboxylic acids is 3. The number of primary amides is 1. The van der Waals surface area contributed by atoms with E-state index in [1.54, 1.807) is 30.5 Å². The number of benzene rings is 2. The molecule has 38 heavy (non-hydrogen) atoms. The van der Waals surface area contributed by atoms with Gasteiger partial charge in [-0.2, -0.15) is 4.37 Å². The van der Waals surface area contributed by atoms with Crippen LogP contribution in [0.15, 0.2) is 66.9 Å². The molecule has 0 saturated heterocycles. The number of hydrogen-bond acceptors (Lipinski definition) is 7. The fraction of sp³-hybridized carbons (Fsp3) is 0.250. The maximum absolute atomic E-state index is 14.1. The molecule has 3 amide bonds. The van der Waals surface area contributed by atoms with Gasteiger partial charge in [0, 0.05) is 23.3 Å². The highest BCUT2D eigenvalue weighted by atomic mass is 32.1. The molecule has 1 atom stereocenters. The first-order valence-electron chi connectivity index (χ1n) is 12.5. The summed E-state index contributed by atoms with van der Waals surface area (Å²) in [5.74, 6) is -1.66. The van der Waals surface area contributed by atoms with Gasteiger partial charge >= 0.3 is 0 Å². The van der Waals surface area contributed by atoms with Crippen molar-refractivity contribution in [2.75, 3.05) is 10.6 Å². The first-order chi connectivity index (χ1) is 18.4. The van der Waals surface area contributed by atoms with Crippen LogP contribution < -0.4 is 21.7 Å². The van der Waals surface area contributed by atoms with Gasteiger partial charge < -0.3 is 16.8 Å². The summed E-state index contributed by atoms with van der Waals surface area (Å²) < 4.78 is 4.01. The minimum Gasteiger partial charge on any atom is -0.395 e. The monoisotopic (exact) mass is 528 g/mol. The molecule has 5 rings (SSSR count). The highest BCUT2D eigenvalue weighted by molar-refractivity contribution is 7.09. The van der Waals surface area contributed by atoms with Gasteiger partial charge in [-0.15, -0.1) is 0 Å². The molecule has 9 nitrogen and oxygen atoms in total. The van der Waals surface area contributed by atoms with E-state index in [1.165, 1.54) is 4.90 Å². The minimum absolute atomic E-state index is 0.0311. The van der Waals surface area contributed by atoms with E-state index in [0.29, 0.717) is 11.3 Å². The number of nitrogens with one attached hydrogen (secondary N) is 1. The molecule has 0 radical (unpaired) electrons. The SMILES string of the molecule is NC(=O)c1nsc(C(=O)N(c2ccccc2)C(C(=O)NC2CCCCC2)c2ccc3ncccc3c2)c1N. The topological polar surface area (TPSA) is 144 Å². The standard InChI is InChI=1S/C28H28N6O3S/c29-22-23(26(30)35)33-38-25(22)28(37)34(20-11-5-2-6-12-20)24(27(36)32-19-9-3-1-4-10-19)18-13-14-21-17(16-18)8-7-15-31-21/h2,5-8,11-16,19,24H,1,3-4,9-10,29H2,(H2,30,35)(H,32,36). The van der Waals surface area contributed by atoms with E-state index in [9.17, 15) is 14.4 Å². The molecule has 1 saturated carbocycles. The lowest BCUT2D eigenvalue weighted by Crippen LogP contribution is -2.47. The number of aromatic nitrogens is 2. The second-order valence-corrected chi connectivity index (χ2v) is 10.1. The number of rotatable bonds is 7. The molecule has 1 aliphatic carbocycles. The number of pyridine rings is 1. The molecule has 0 bridgehead atoms. The molecule has 1 aliphatic rings. The van der Waals surface area contributed by atoms with Crippen molar-refractivity contribution < 1.29 is 14.4 Å². The number of nitrogens with zero attached hydrogens (tertiary/aromatic N) is 3. The third kappa shape index (κ3) is 5.08. The predicted molar refractivity (Wildman–Crippen MR) is 148 cm³/mol. The second-order valence-electron chi connectivity index (χ2n) is 9.35. The number of fused-ring (bicyclic) bond motifs is 1. The average molecular weight is 529 g/mol. The Morgan fingerprint density at radius 3 is 2.47 bits per heavy atom. The van der Waals surface area contributed by atoms with Gasteiger partial charge in [0.2, 0.25) is 5.91 Å². The van der Waals surface area contributed by atoms with Crippen LogP contribution in [0, 0.1) is 0 Å². The molecule has 194 valence electrons. The van der Waals surface area contributed by atoms with E-state index < -0.39 is 17.9 Å². The normalized spacial score (nSPS) is 14.6. The number of anilines is 2. The van der Waals surface area contributed by atoms with Crippen LogP contribution in [0.25, 0.3) is 10.9 Å². The molecule has 4 aromatic rings. The van der Waals surface area contributed by atoms with Crippen molar-refractivity contribution in [2.45, 2.75) is 44.2 Å². The van der Waals surface area contributed by atoms with Gasteiger partial charge in [-0.05, 0) is 60.3 Å². The number of para-hydroxylation sites is 1. The van der Waals surface area contributed by atoms with E-state index in [1.807, 2.05) is 36.4 Å². The molecular weight excluding hydrogens is 500 g/mol. The second kappa shape index (κ2) is 11.0. The Hall–Kier alpha value is -4.31. The zero-order valence-corrected chi connectivity index (χ0v) is 21.5. The molecular formula is C28H28N6O3S. The summed E-state index contributed by atoms with van der Waals surface area (Å²) in [6.45, 7) is 0. The summed E-state index contributed by atoms with van der Waals surface area (Å²) in [4.78, 5) is 45.9. The summed E-state index contributed by atoms with van der Waals surface area (Å²) in [7, 11) is 0. The Bertz CT molecular complexity index is 1480. The Labute approximate surface area is 224 Å². The third-order valence-electron chi connectivity index (χ3n) is 6.81. The Kier molecular flexibility index (Phi) is 7.32. The van der Waals surface area contributed by atoms with Crippen LogP contribution in [0.5, 0.6) is 0 Å². The average Bonchev–Trinajstić information content (AvgIpc) is 3.33. The largest absolute Gasteiger partial charge is 0.395 e. The maximum atomic E-state index is 14.1. The molecule has 2 aromatic heterocycles. The molecule has 10 heteroatoms. The van der Waals surface area contributed by atoms with E-state index in [4.69, 9.17) is 11.5 Å². The molecule has 2 aromatic carbocycles.